The summed E-state index contributed by atoms with van der Waals surface area (Å²) in [5.41, 5.74) is 0.634. The predicted octanol–water partition coefficient (Wildman–Crippen LogP) is 3.31. The Morgan fingerprint density at radius 3 is 2.43 bits per heavy atom. The summed E-state index contributed by atoms with van der Waals surface area (Å²) >= 11 is 0. The van der Waals surface area contributed by atoms with Crippen LogP contribution in [-0.4, -0.2) is 56.3 Å². The maximum absolute atomic E-state index is 12.9. The van der Waals surface area contributed by atoms with Crippen molar-refractivity contribution in [2.45, 2.75) is 62.8 Å². The van der Waals surface area contributed by atoms with Crippen molar-refractivity contribution < 1.29 is 13.2 Å². The molecule has 1 aliphatic heterocycles. The summed E-state index contributed by atoms with van der Waals surface area (Å²) < 4.78 is 27.3. The molecule has 1 aromatic rings. The van der Waals surface area contributed by atoms with Gasteiger partial charge in [-0.3, -0.25) is 9.69 Å². The van der Waals surface area contributed by atoms with Gasteiger partial charge < -0.3 is 5.32 Å². The highest BCUT2D eigenvalue weighted by molar-refractivity contribution is 7.89. The maximum Gasteiger partial charge on any atom is 0.243 e. The van der Waals surface area contributed by atoms with Gasteiger partial charge in [0.1, 0.15) is 0 Å². The molecule has 1 N–H and O–H groups in total. The first-order valence-corrected chi connectivity index (χ1v) is 11.9. The molecule has 1 atom stereocenters. The van der Waals surface area contributed by atoms with Crippen molar-refractivity contribution in [1.82, 2.24) is 9.21 Å². The number of piperidine rings is 1. The van der Waals surface area contributed by atoms with Crippen LogP contribution in [0.4, 0.5) is 5.69 Å². The Bertz CT molecular complexity index is 758. The van der Waals surface area contributed by atoms with Crippen LogP contribution in [0.15, 0.2) is 29.2 Å². The van der Waals surface area contributed by atoms with Crippen LogP contribution in [0.1, 0.15) is 51.9 Å². The van der Waals surface area contributed by atoms with E-state index in [0.717, 1.165) is 45.2 Å². The number of likely N-dealkylation sites (tertiary alicyclic amines) is 1. The number of hydrogen-bond donors (Lipinski definition) is 1. The normalized spacial score (nSPS) is 22.3. The van der Waals surface area contributed by atoms with Crippen molar-refractivity contribution in [2.24, 2.45) is 5.92 Å². The molecule has 0 bridgehead atoms. The van der Waals surface area contributed by atoms with Crippen LogP contribution in [0.5, 0.6) is 0 Å². The summed E-state index contributed by atoms with van der Waals surface area (Å²) in [6.45, 7) is 4.52. The van der Waals surface area contributed by atoms with Gasteiger partial charge in [-0.15, -0.1) is 0 Å². The first-order valence-electron chi connectivity index (χ1n) is 10.5. The zero-order chi connectivity index (χ0) is 20.1. The second kappa shape index (κ2) is 9.37. The van der Waals surface area contributed by atoms with E-state index >= 15 is 0 Å². The molecule has 0 aromatic heterocycles. The lowest BCUT2D eigenvalue weighted by Gasteiger charge is -2.30. The number of hydrogen-bond acceptors (Lipinski definition) is 4. The lowest BCUT2D eigenvalue weighted by atomic mass is 9.96. The minimum Gasteiger partial charge on any atom is -0.325 e. The van der Waals surface area contributed by atoms with E-state index in [2.05, 4.69) is 17.1 Å². The number of sulfonamides is 1. The molecule has 0 spiro atoms. The Morgan fingerprint density at radius 1 is 1.11 bits per heavy atom. The number of anilines is 1. The van der Waals surface area contributed by atoms with Gasteiger partial charge in [-0.1, -0.05) is 26.2 Å². The first-order chi connectivity index (χ1) is 13.4. The van der Waals surface area contributed by atoms with Crippen molar-refractivity contribution >= 4 is 21.6 Å². The summed E-state index contributed by atoms with van der Waals surface area (Å²) in [6.07, 6.45) is 7.59. The van der Waals surface area contributed by atoms with Gasteiger partial charge in [0.15, 0.2) is 0 Å². The largest absolute Gasteiger partial charge is 0.325 e. The van der Waals surface area contributed by atoms with Crippen LogP contribution in [0.3, 0.4) is 0 Å². The molecular formula is C21H33N3O3S. The van der Waals surface area contributed by atoms with Gasteiger partial charge in [0, 0.05) is 25.3 Å². The lowest BCUT2D eigenvalue weighted by molar-refractivity contribution is -0.117. The fourth-order valence-electron chi connectivity index (χ4n) is 4.35. The SMILES string of the molecule is C[C@H]1CCCN(CC(=O)Nc2ccc(S(=O)(=O)N(C)C3CCCCC3)cc2)C1. The number of rotatable bonds is 6. The van der Waals surface area contributed by atoms with Crippen LogP contribution in [0.2, 0.25) is 0 Å². The standard InChI is InChI=1S/C21H33N3O3S/c1-17-7-6-14-24(15-17)16-21(25)22-18-10-12-20(13-11-18)28(26,27)23(2)19-8-4-3-5-9-19/h10-13,17,19H,3-9,14-16H2,1-2H3,(H,22,25)/t17-/m0/s1. The number of carbonyl (C=O) groups is 1. The molecular weight excluding hydrogens is 374 g/mol. The second-order valence-electron chi connectivity index (χ2n) is 8.37. The van der Waals surface area contributed by atoms with E-state index in [1.54, 1.807) is 31.3 Å². The molecule has 0 unspecified atom stereocenters. The molecule has 1 saturated heterocycles. The molecule has 156 valence electrons. The molecule has 7 heteroatoms. The van der Waals surface area contributed by atoms with Crippen molar-refractivity contribution in [3.05, 3.63) is 24.3 Å². The number of carbonyl (C=O) groups excluding carboxylic acids is 1. The van der Waals surface area contributed by atoms with Gasteiger partial charge in [-0.2, -0.15) is 4.31 Å². The molecule has 1 saturated carbocycles. The number of benzene rings is 1. The third-order valence-corrected chi connectivity index (χ3v) is 7.94. The van der Waals surface area contributed by atoms with E-state index in [-0.39, 0.29) is 16.8 Å². The van der Waals surface area contributed by atoms with Crippen molar-refractivity contribution in [2.75, 3.05) is 32.0 Å². The highest BCUT2D eigenvalue weighted by atomic mass is 32.2. The van der Waals surface area contributed by atoms with E-state index < -0.39 is 10.0 Å². The number of nitrogens with zero attached hydrogens (tertiary/aromatic N) is 2. The highest BCUT2D eigenvalue weighted by Crippen LogP contribution is 2.27. The van der Waals surface area contributed by atoms with Crippen LogP contribution < -0.4 is 5.32 Å². The lowest BCUT2D eigenvalue weighted by Crippen LogP contribution is -2.39. The number of amides is 1. The number of nitrogens with one attached hydrogen (secondary N) is 1. The molecule has 2 fully saturated rings. The van der Waals surface area contributed by atoms with Gasteiger partial charge in [-0.05, 0) is 62.4 Å². The van der Waals surface area contributed by atoms with E-state index in [0.29, 0.717) is 18.2 Å². The molecule has 1 amide bonds. The van der Waals surface area contributed by atoms with E-state index in [4.69, 9.17) is 0 Å². The average molecular weight is 408 g/mol. The monoisotopic (exact) mass is 407 g/mol. The predicted molar refractivity (Wildman–Crippen MR) is 112 cm³/mol. The molecule has 0 radical (unpaired) electrons. The van der Waals surface area contributed by atoms with Gasteiger partial charge >= 0.3 is 0 Å². The topological polar surface area (TPSA) is 69.7 Å². The van der Waals surface area contributed by atoms with Crippen LogP contribution in [-0.2, 0) is 14.8 Å². The van der Waals surface area contributed by atoms with Crippen molar-refractivity contribution in [1.29, 1.82) is 0 Å². The quantitative estimate of drug-likeness (QED) is 0.785. The zero-order valence-electron chi connectivity index (χ0n) is 17.1. The molecule has 1 heterocycles. The molecule has 6 nitrogen and oxygen atoms in total. The highest BCUT2D eigenvalue weighted by Gasteiger charge is 2.29. The van der Waals surface area contributed by atoms with Crippen LogP contribution >= 0.6 is 0 Å². The third kappa shape index (κ3) is 5.33. The third-order valence-electron chi connectivity index (χ3n) is 6.01. The van der Waals surface area contributed by atoms with E-state index in [9.17, 15) is 13.2 Å². The summed E-state index contributed by atoms with van der Waals surface area (Å²) in [6, 6.07) is 6.63. The van der Waals surface area contributed by atoms with Crippen LogP contribution in [0, 0.1) is 5.92 Å². The maximum atomic E-state index is 12.9. The zero-order valence-corrected chi connectivity index (χ0v) is 17.9. The first kappa shape index (κ1) is 21.3. The van der Waals surface area contributed by atoms with E-state index in [1.165, 1.54) is 17.1 Å². The Hall–Kier alpha value is -1.44. The molecule has 2 aliphatic rings. The van der Waals surface area contributed by atoms with Gasteiger partial charge in [-0.25, -0.2) is 8.42 Å². The Morgan fingerprint density at radius 2 is 1.79 bits per heavy atom. The van der Waals surface area contributed by atoms with Crippen molar-refractivity contribution in [3.8, 4) is 0 Å². The minimum atomic E-state index is -3.50. The Kier molecular flexibility index (Phi) is 7.12. The summed E-state index contributed by atoms with van der Waals surface area (Å²) in [4.78, 5) is 14.8. The smallest absolute Gasteiger partial charge is 0.243 e. The molecule has 1 aromatic carbocycles. The van der Waals surface area contributed by atoms with Gasteiger partial charge in [0.2, 0.25) is 15.9 Å². The van der Waals surface area contributed by atoms with Gasteiger partial charge in [0.05, 0.1) is 11.4 Å². The Labute approximate surface area is 169 Å². The van der Waals surface area contributed by atoms with Crippen LogP contribution in [0.25, 0.3) is 0 Å². The summed E-state index contributed by atoms with van der Waals surface area (Å²) in [5.74, 6) is 0.580. The van der Waals surface area contributed by atoms with E-state index in [1.807, 2.05) is 0 Å². The molecule has 28 heavy (non-hydrogen) atoms. The second-order valence-corrected chi connectivity index (χ2v) is 10.4. The van der Waals surface area contributed by atoms with Gasteiger partial charge in [0.25, 0.3) is 0 Å². The Balaban J connectivity index is 1.58. The molecule has 3 rings (SSSR count). The summed E-state index contributed by atoms with van der Waals surface area (Å²) in [5, 5.41) is 2.89. The fourth-order valence-corrected chi connectivity index (χ4v) is 5.77. The van der Waals surface area contributed by atoms with Crippen molar-refractivity contribution in [3.63, 3.8) is 0 Å². The summed E-state index contributed by atoms with van der Waals surface area (Å²) in [7, 11) is -1.82. The average Bonchev–Trinajstić information content (AvgIpc) is 2.68. The molecule has 1 aliphatic carbocycles. The minimum absolute atomic E-state index is 0.0518. The fraction of sp³-hybridized carbons (Fsp3) is 0.667.